The van der Waals surface area contributed by atoms with E-state index in [9.17, 15) is 19.2 Å². The summed E-state index contributed by atoms with van der Waals surface area (Å²) in [5.41, 5.74) is -1.55. The highest BCUT2D eigenvalue weighted by atomic mass is 16.5. The first kappa shape index (κ1) is 19.1. The number of rotatable bonds is 10. The molecular weight excluding hydrogens is 300 g/mol. The van der Waals surface area contributed by atoms with Crippen LogP contribution >= 0.6 is 0 Å². The third-order valence-corrected chi connectivity index (χ3v) is 4.03. The first-order valence-corrected chi connectivity index (χ1v) is 8.28. The molecule has 0 saturated carbocycles. The molecule has 0 atom stereocenters. The van der Waals surface area contributed by atoms with Crippen molar-refractivity contribution in [2.75, 3.05) is 6.61 Å². The molecule has 0 aliphatic carbocycles. The normalized spacial score (nSPS) is 16.7. The van der Waals surface area contributed by atoms with Gasteiger partial charge in [0.25, 0.3) is 0 Å². The predicted octanol–water partition coefficient (Wildman–Crippen LogP) is 2.04. The number of urea groups is 1. The predicted molar refractivity (Wildman–Crippen MR) is 83.4 cm³/mol. The van der Waals surface area contributed by atoms with E-state index in [0.717, 1.165) is 32.1 Å². The van der Waals surface area contributed by atoms with E-state index in [1.165, 1.54) is 0 Å². The third-order valence-electron chi connectivity index (χ3n) is 4.03. The minimum Gasteiger partial charge on any atom is -0.466 e. The van der Waals surface area contributed by atoms with E-state index in [4.69, 9.17) is 4.74 Å². The lowest BCUT2D eigenvalue weighted by molar-refractivity contribution is -0.156. The average molecular weight is 326 g/mol. The Bertz CT molecular complexity index is 441. The van der Waals surface area contributed by atoms with Crippen LogP contribution in [0.3, 0.4) is 0 Å². The van der Waals surface area contributed by atoms with Gasteiger partial charge in [0.15, 0.2) is 0 Å². The van der Waals surface area contributed by atoms with Crippen LogP contribution in [-0.4, -0.2) is 30.4 Å². The van der Waals surface area contributed by atoms with Gasteiger partial charge in [-0.05, 0) is 13.3 Å². The Hall–Kier alpha value is -1.92. The Morgan fingerprint density at radius 1 is 0.957 bits per heavy atom. The van der Waals surface area contributed by atoms with Crippen LogP contribution < -0.4 is 10.6 Å². The number of nitrogens with one attached hydrogen (secondary N) is 2. The van der Waals surface area contributed by atoms with Crippen LogP contribution in [0.4, 0.5) is 4.79 Å². The summed E-state index contributed by atoms with van der Waals surface area (Å²) in [6.07, 6.45) is 5.81. The van der Waals surface area contributed by atoms with Crippen molar-refractivity contribution in [1.29, 1.82) is 0 Å². The minimum absolute atomic E-state index is 0.175. The number of amides is 4. The number of carbonyl (C=O) groups is 4. The molecule has 4 amide bonds. The number of imide groups is 2. The molecule has 2 N–H and O–H groups in total. The Labute approximate surface area is 136 Å². The molecule has 1 heterocycles. The largest absolute Gasteiger partial charge is 0.466 e. The summed E-state index contributed by atoms with van der Waals surface area (Å²) in [5, 5.41) is 4.18. The first-order valence-electron chi connectivity index (χ1n) is 8.28. The van der Waals surface area contributed by atoms with E-state index in [2.05, 4.69) is 17.6 Å². The molecule has 7 nitrogen and oxygen atoms in total. The molecule has 0 aromatic carbocycles. The Balaban J connectivity index is 2.72. The fourth-order valence-corrected chi connectivity index (χ4v) is 2.72. The van der Waals surface area contributed by atoms with E-state index < -0.39 is 29.2 Å². The van der Waals surface area contributed by atoms with Gasteiger partial charge >= 0.3 is 12.0 Å². The van der Waals surface area contributed by atoms with Gasteiger partial charge in [0.2, 0.25) is 11.8 Å². The number of barbiturate groups is 1. The van der Waals surface area contributed by atoms with Gasteiger partial charge in [-0.15, -0.1) is 0 Å². The van der Waals surface area contributed by atoms with Crippen molar-refractivity contribution >= 4 is 23.8 Å². The van der Waals surface area contributed by atoms with Gasteiger partial charge in [-0.3, -0.25) is 25.0 Å². The molecule has 0 aromatic rings. The number of ether oxygens (including phenoxy) is 1. The van der Waals surface area contributed by atoms with Crippen LogP contribution in [0.2, 0.25) is 0 Å². The summed E-state index contributed by atoms with van der Waals surface area (Å²) in [7, 11) is 0. The summed E-state index contributed by atoms with van der Waals surface area (Å²) in [6, 6.07) is -0.845. The smallest absolute Gasteiger partial charge is 0.328 e. The van der Waals surface area contributed by atoms with Gasteiger partial charge in [0.1, 0.15) is 5.41 Å². The minimum atomic E-state index is -1.55. The molecule has 7 heteroatoms. The number of esters is 1. The maximum atomic E-state index is 12.2. The topological polar surface area (TPSA) is 102 Å². The van der Waals surface area contributed by atoms with Crippen molar-refractivity contribution in [2.45, 2.75) is 65.2 Å². The van der Waals surface area contributed by atoms with Crippen molar-refractivity contribution in [3.05, 3.63) is 0 Å². The van der Waals surface area contributed by atoms with E-state index in [1.54, 1.807) is 6.92 Å². The quantitative estimate of drug-likeness (QED) is 0.363. The van der Waals surface area contributed by atoms with Crippen molar-refractivity contribution in [3.8, 4) is 0 Å². The lowest BCUT2D eigenvalue weighted by Gasteiger charge is -2.33. The molecule has 130 valence electrons. The standard InChI is InChI=1S/C16H26N2O5/c1-3-5-6-7-8-9-10-16(11-12(19)23-4-2)13(20)17-15(22)18-14(16)21/h3-11H2,1-2H3,(H2,17,18,20,21,22). The molecule has 1 fully saturated rings. The summed E-state index contributed by atoms with van der Waals surface area (Å²) in [6.45, 7) is 3.96. The highest BCUT2D eigenvalue weighted by molar-refractivity contribution is 6.20. The van der Waals surface area contributed by atoms with Crippen molar-refractivity contribution in [3.63, 3.8) is 0 Å². The molecule has 0 radical (unpaired) electrons. The zero-order chi connectivity index (χ0) is 17.3. The second-order valence-electron chi connectivity index (χ2n) is 5.82. The maximum Gasteiger partial charge on any atom is 0.328 e. The molecule has 1 rings (SSSR count). The van der Waals surface area contributed by atoms with Crippen LogP contribution in [0.1, 0.15) is 65.2 Å². The number of carbonyl (C=O) groups excluding carboxylic acids is 4. The van der Waals surface area contributed by atoms with Crippen LogP contribution in [0, 0.1) is 5.41 Å². The molecule has 0 bridgehead atoms. The van der Waals surface area contributed by atoms with Gasteiger partial charge in [-0.2, -0.15) is 0 Å². The van der Waals surface area contributed by atoms with Gasteiger partial charge in [0, 0.05) is 0 Å². The lowest BCUT2D eigenvalue weighted by atomic mass is 9.76. The van der Waals surface area contributed by atoms with E-state index >= 15 is 0 Å². The zero-order valence-electron chi connectivity index (χ0n) is 13.9. The van der Waals surface area contributed by atoms with E-state index in [-0.39, 0.29) is 19.4 Å². The Kier molecular flexibility index (Phi) is 7.71. The van der Waals surface area contributed by atoms with Crippen molar-refractivity contribution in [1.82, 2.24) is 10.6 Å². The fourth-order valence-electron chi connectivity index (χ4n) is 2.72. The van der Waals surface area contributed by atoms with Gasteiger partial charge in [0.05, 0.1) is 13.0 Å². The second kappa shape index (κ2) is 9.27. The molecule has 1 saturated heterocycles. The zero-order valence-corrected chi connectivity index (χ0v) is 13.9. The molecule has 0 aromatic heterocycles. The highest BCUT2D eigenvalue weighted by Gasteiger charge is 2.51. The third kappa shape index (κ3) is 5.33. The van der Waals surface area contributed by atoms with Gasteiger partial charge in [-0.1, -0.05) is 45.4 Å². The van der Waals surface area contributed by atoms with Crippen LogP contribution in [-0.2, 0) is 19.1 Å². The lowest BCUT2D eigenvalue weighted by Crippen LogP contribution is -2.63. The van der Waals surface area contributed by atoms with Crippen molar-refractivity contribution in [2.24, 2.45) is 5.41 Å². The Morgan fingerprint density at radius 3 is 2.09 bits per heavy atom. The first-order chi connectivity index (χ1) is 11.0. The molecule has 1 aliphatic rings. The second-order valence-corrected chi connectivity index (χ2v) is 5.82. The SMILES string of the molecule is CCCCCCCCC1(CC(=O)OCC)C(=O)NC(=O)NC1=O. The van der Waals surface area contributed by atoms with Crippen LogP contribution in [0.5, 0.6) is 0 Å². The molecular formula is C16H26N2O5. The highest BCUT2D eigenvalue weighted by Crippen LogP contribution is 2.32. The van der Waals surface area contributed by atoms with Gasteiger partial charge < -0.3 is 4.74 Å². The van der Waals surface area contributed by atoms with E-state index in [1.807, 2.05) is 0 Å². The number of hydrogen-bond donors (Lipinski definition) is 2. The average Bonchev–Trinajstić information content (AvgIpc) is 2.48. The monoisotopic (exact) mass is 326 g/mol. The maximum absolute atomic E-state index is 12.2. The fraction of sp³-hybridized carbons (Fsp3) is 0.750. The molecule has 1 aliphatic heterocycles. The molecule has 0 unspecified atom stereocenters. The van der Waals surface area contributed by atoms with E-state index in [0.29, 0.717) is 6.42 Å². The summed E-state index contributed by atoms with van der Waals surface area (Å²) in [4.78, 5) is 47.5. The summed E-state index contributed by atoms with van der Waals surface area (Å²) < 4.78 is 4.87. The summed E-state index contributed by atoms with van der Waals surface area (Å²) >= 11 is 0. The van der Waals surface area contributed by atoms with Gasteiger partial charge in [-0.25, -0.2) is 4.79 Å². The van der Waals surface area contributed by atoms with Crippen LogP contribution in [0.15, 0.2) is 0 Å². The van der Waals surface area contributed by atoms with Crippen LogP contribution in [0.25, 0.3) is 0 Å². The number of hydrogen-bond acceptors (Lipinski definition) is 5. The molecule has 0 spiro atoms. The Morgan fingerprint density at radius 2 is 1.52 bits per heavy atom. The van der Waals surface area contributed by atoms with Crippen molar-refractivity contribution < 1.29 is 23.9 Å². The molecule has 23 heavy (non-hydrogen) atoms. The summed E-state index contributed by atoms with van der Waals surface area (Å²) in [5.74, 6) is -2.04. The number of unbranched alkanes of at least 4 members (excludes halogenated alkanes) is 5.